The number of aromatic nitrogens is 2. The van der Waals surface area contributed by atoms with E-state index in [2.05, 4.69) is 176 Å². The molecule has 3 heterocycles. The second kappa shape index (κ2) is 13.5. The molecule has 0 unspecified atom stereocenters. The molecular formula is C52H32N2S2. The maximum atomic E-state index is 5.29. The Hall–Kier alpha value is -6.72. The van der Waals surface area contributed by atoms with Gasteiger partial charge in [-0.2, -0.15) is 0 Å². The molecule has 11 rings (SSSR count). The van der Waals surface area contributed by atoms with Gasteiger partial charge in [0, 0.05) is 57.0 Å². The van der Waals surface area contributed by atoms with E-state index in [1.165, 1.54) is 62.6 Å². The van der Waals surface area contributed by atoms with Gasteiger partial charge in [-0.05, 0) is 88.0 Å². The molecule has 0 saturated carbocycles. The molecular weight excluding hydrogens is 717 g/mol. The Morgan fingerprint density at radius 3 is 1.43 bits per heavy atom. The first-order valence-corrected chi connectivity index (χ1v) is 20.4. The molecule has 56 heavy (non-hydrogen) atoms. The standard InChI is InChI=1S/C52H32N2S2/c1-3-11-33(12-4-1)34-19-21-35(22-20-34)46-32-47(54-52(53-46)36-13-5-2-6-14-36)41-28-39(37-24-26-50-45(30-37)43-16-8-10-18-49(43)55-50)27-40(29-41)38-23-25-44-42-15-7-9-17-48(42)56-51(44)31-38/h1-32H. The average Bonchev–Trinajstić information content (AvgIpc) is 3.84. The van der Waals surface area contributed by atoms with Gasteiger partial charge in [-0.3, -0.25) is 0 Å². The Morgan fingerprint density at radius 1 is 0.250 bits per heavy atom. The van der Waals surface area contributed by atoms with Crippen LogP contribution in [0.3, 0.4) is 0 Å². The smallest absolute Gasteiger partial charge is 0.160 e. The molecule has 0 bridgehead atoms. The fourth-order valence-corrected chi connectivity index (χ4v) is 10.1. The lowest BCUT2D eigenvalue weighted by atomic mass is 9.93. The third-order valence-corrected chi connectivity index (χ3v) is 13.0. The molecule has 0 radical (unpaired) electrons. The van der Waals surface area contributed by atoms with Gasteiger partial charge in [0.15, 0.2) is 5.82 Å². The highest BCUT2D eigenvalue weighted by Gasteiger charge is 2.16. The molecule has 0 spiro atoms. The van der Waals surface area contributed by atoms with Crippen molar-refractivity contribution >= 4 is 63.0 Å². The van der Waals surface area contributed by atoms with E-state index in [-0.39, 0.29) is 0 Å². The van der Waals surface area contributed by atoms with E-state index < -0.39 is 0 Å². The molecule has 0 atom stereocenters. The number of hydrogen-bond acceptors (Lipinski definition) is 4. The number of fused-ring (bicyclic) bond motifs is 6. The summed E-state index contributed by atoms with van der Waals surface area (Å²) in [7, 11) is 0. The monoisotopic (exact) mass is 748 g/mol. The van der Waals surface area contributed by atoms with E-state index in [1.54, 1.807) is 0 Å². The molecule has 8 aromatic carbocycles. The normalized spacial score (nSPS) is 11.6. The summed E-state index contributed by atoms with van der Waals surface area (Å²) in [6.45, 7) is 0. The first-order valence-electron chi connectivity index (χ1n) is 18.8. The summed E-state index contributed by atoms with van der Waals surface area (Å²) in [5.74, 6) is 0.704. The third-order valence-electron chi connectivity index (χ3n) is 10.7. The van der Waals surface area contributed by atoms with E-state index in [0.29, 0.717) is 5.82 Å². The van der Waals surface area contributed by atoms with Crippen molar-refractivity contribution in [2.75, 3.05) is 0 Å². The van der Waals surface area contributed by atoms with Crippen LogP contribution in [0.5, 0.6) is 0 Å². The average molecular weight is 749 g/mol. The highest BCUT2D eigenvalue weighted by atomic mass is 32.1. The van der Waals surface area contributed by atoms with Crippen LogP contribution in [0.2, 0.25) is 0 Å². The topological polar surface area (TPSA) is 25.8 Å². The summed E-state index contributed by atoms with van der Waals surface area (Å²) in [6, 6.07) is 69.8. The molecule has 0 fully saturated rings. The lowest BCUT2D eigenvalue weighted by Gasteiger charge is -2.14. The van der Waals surface area contributed by atoms with Crippen LogP contribution in [0.25, 0.3) is 108 Å². The zero-order valence-electron chi connectivity index (χ0n) is 30.2. The predicted octanol–water partition coefficient (Wildman–Crippen LogP) is 15.2. The van der Waals surface area contributed by atoms with Gasteiger partial charge in [0.25, 0.3) is 0 Å². The van der Waals surface area contributed by atoms with E-state index in [9.17, 15) is 0 Å². The van der Waals surface area contributed by atoms with Crippen LogP contribution >= 0.6 is 22.7 Å². The Morgan fingerprint density at radius 2 is 0.714 bits per heavy atom. The van der Waals surface area contributed by atoms with Crippen LogP contribution < -0.4 is 0 Å². The van der Waals surface area contributed by atoms with E-state index in [4.69, 9.17) is 9.97 Å². The number of benzene rings is 8. The zero-order valence-corrected chi connectivity index (χ0v) is 31.8. The minimum absolute atomic E-state index is 0.704. The molecule has 3 aromatic heterocycles. The fraction of sp³-hybridized carbons (Fsp3) is 0. The Labute approximate surface area is 332 Å². The van der Waals surface area contributed by atoms with Crippen molar-refractivity contribution < 1.29 is 0 Å². The molecule has 0 aliphatic carbocycles. The summed E-state index contributed by atoms with van der Waals surface area (Å²) < 4.78 is 5.21. The van der Waals surface area contributed by atoms with Crippen LogP contribution in [-0.4, -0.2) is 9.97 Å². The summed E-state index contributed by atoms with van der Waals surface area (Å²) in [5, 5.41) is 5.19. The fourth-order valence-electron chi connectivity index (χ4n) is 7.84. The minimum Gasteiger partial charge on any atom is -0.228 e. The Kier molecular flexibility index (Phi) is 7.90. The summed E-state index contributed by atoms with van der Waals surface area (Å²) in [4.78, 5) is 10.5. The quantitative estimate of drug-likeness (QED) is 0.169. The molecule has 0 amide bonds. The van der Waals surface area contributed by atoms with Gasteiger partial charge < -0.3 is 0 Å². The summed E-state index contributed by atoms with van der Waals surface area (Å²) in [6.07, 6.45) is 0. The van der Waals surface area contributed by atoms with Gasteiger partial charge in [0.2, 0.25) is 0 Å². The van der Waals surface area contributed by atoms with E-state index in [0.717, 1.165) is 39.2 Å². The molecule has 0 saturated heterocycles. The summed E-state index contributed by atoms with van der Waals surface area (Å²) in [5.41, 5.74) is 11.9. The first kappa shape index (κ1) is 32.7. The molecule has 0 aliphatic heterocycles. The Balaban J connectivity index is 1.11. The van der Waals surface area contributed by atoms with Crippen molar-refractivity contribution in [2.24, 2.45) is 0 Å². The van der Waals surface area contributed by atoms with E-state index >= 15 is 0 Å². The molecule has 0 aliphatic rings. The second-order valence-corrected chi connectivity index (χ2v) is 16.4. The lowest BCUT2D eigenvalue weighted by Crippen LogP contribution is -1.96. The van der Waals surface area contributed by atoms with Gasteiger partial charge in [-0.1, -0.05) is 140 Å². The van der Waals surface area contributed by atoms with Gasteiger partial charge in [-0.15, -0.1) is 22.7 Å². The maximum Gasteiger partial charge on any atom is 0.160 e. The van der Waals surface area contributed by atoms with Crippen molar-refractivity contribution in [3.63, 3.8) is 0 Å². The maximum absolute atomic E-state index is 5.29. The van der Waals surface area contributed by atoms with Crippen LogP contribution in [0.1, 0.15) is 0 Å². The highest BCUT2D eigenvalue weighted by molar-refractivity contribution is 7.26. The number of nitrogens with zero attached hydrogens (tertiary/aromatic N) is 2. The summed E-state index contributed by atoms with van der Waals surface area (Å²) >= 11 is 3.71. The highest BCUT2D eigenvalue weighted by Crippen LogP contribution is 2.41. The Bertz CT molecular complexity index is 3230. The predicted molar refractivity (Wildman–Crippen MR) is 240 cm³/mol. The number of hydrogen-bond donors (Lipinski definition) is 0. The first-order chi connectivity index (χ1) is 27.7. The molecule has 4 heteroatoms. The molecule has 11 aromatic rings. The largest absolute Gasteiger partial charge is 0.228 e. The van der Waals surface area contributed by atoms with Crippen LogP contribution in [-0.2, 0) is 0 Å². The van der Waals surface area contributed by atoms with Crippen molar-refractivity contribution in [2.45, 2.75) is 0 Å². The van der Waals surface area contributed by atoms with E-state index in [1.807, 2.05) is 40.9 Å². The van der Waals surface area contributed by atoms with Crippen LogP contribution in [0.15, 0.2) is 194 Å². The second-order valence-electron chi connectivity index (χ2n) is 14.2. The van der Waals surface area contributed by atoms with Gasteiger partial charge in [0.1, 0.15) is 0 Å². The van der Waals surface area contributed by atoms with Crippen molar-refractivity contribution in [1.82, 2.24) is 9.97 Å². The molecule has 2 nitrogen and oxygen atoms in total. The van der Waals surface area contributed by atoms with Gasteiger partial charge in [-0.25, -0.2) is 9.97 Å². The van der Waals surface area contributed by atoms with Gasteiger partial charge in [0.05, 0.1) is 11.4 Å². The third kappa shape index (κ3) is 5.88. The lowest BCUT2D eigenvalue weighted by molar-refractivity contribution is 1.18. The van der Waals surface area contributed by atoms with Crippen LogP contribution in [0.4, 0.5) is 0 Å². The molecule has 262 valence electrons. The van der Waals surface area contributed by atoms with Gasteiger partial charge >= 0.3 is 0 Å². The van der Waals surface area contributed by atoms with Crippen molar-refractivity contribution in [1.29, 1.82) is 0 Å². The van der Waals surface area contributed by atoms with Crippen molar-refractivity contribution in [3.05, 3.63) is 194 Å². The van der Waals surface area contributed by atoms with Crippen LogP contribution in [0, 0.1) is 0 Å². The van der Waals surface area contributed by atoms with Crippen molar-refractivity contribution in [3.8, 4) is 67.3 Å². The minimum atomic E-state index is 0.704. The zero-order chi connectivity index (χ0) is 37.0. The SMILES string of the molecule is c1ccc(-c2ccc(-c3cc(-c4cc(-c5ccc6c(c5)sc5ccccc56)cc(-c5ccc6sc7ccccc7c6c5)c4)nc(-c4ccccc4)n3)cc2)cc1. The number of rotatable bonds is 6. The number of thiophene rings is 2. The molecule has 0 N–H and O–H groups in total.